The average molecular weight is 689 g/mol. The van der Waals surface area contributed by atoms with E-state index in [9.17, 15) is 0 Å². The number of ether oxygens (including phenoxy) is 2. The molecule has 1 aliphatic carbocycles. The molecule has 0 saturated carbocycles. The molecule has 7 heteroatoms. The van der Waals surface area contributed by atoms with Gasteiger partial charge in [0.05, 0.1) is 11.0 Å². The third-order valence-electron chi connectivity index (χ3n) is 10.6. The molecule has 1 N–H and O–H groups in total. The SMILES string of the molecule is CC12C=C(n3c4ccccc4c4ccccc43)C=C(C3=NC(c4ccccc4)N=C(c4ccc5oc6ccccc6c5c4)N3)C1Oc1ccccc1O2. The van der Waals surface area contributed by atoms with E-state index in [4.69, 9.17) is 23.9 Å². The van der Waals surface area contributed by atoms with E-state index >= 15 is 0 Å². The third-order valence-corrected chi connectivity index (χ3v) is 10.6. The number of amidine groups is 2. The molecule has 4 heterocycles. The molecule has 3 unspecified atom stereocenters. The molecule has 0 bridgehead atoms. The number of hydrogen-bond acceptors (Lipinski definition) is 6. The van der Waals surface area contributed by atoms with Gasteiger partial charge in [-0.1, -0.05) is 97.1 Å². The molecule has 11 rings (SSSR count). The highest BCUT2D eigenvalue weighted by molar-refractivity contribution is 6.19. The number of nitrogens with zero attached hydrogens (tertiary/aromatic N) is 3. The molecule has 2 aromatic heterocycles. The van der Waals surface area contributed by atoms with Crippen LogP contribution in [0.4, 0.5) is 0 Å². The quantitative estimate of drug-likeness (QED) is 0.200. The van der Waals surface area contributed by atoms with E-state index in [-0.39, 0.29) is 0 Å². The topological polar surface area (TPSA) is 73.3 Å². The van der Waals surface area contributed by atoms with Crippen molar-refractivity contribution in [1.29, 1.82) is 0 Å². The lowest BCUT2D eigenvalue weighted by atomic mass is 9.84. The summed E-state index contributed by atoms with van der Waals surface area (Å²) in [6.07, 6.45) is 3.38. The largest absolute Gasteiger partial charge is 0.477 e. The summed E-state index contributed by atoms with van der Waals surface area (Å²) < 4.78 is 22.3. The van der Waals surface area contributed by atoms with E-state index in [1.807, 2.05) is 66.7 Å². The predicted molar refractivity (Wildman–Crippen MR) is 212 cm³/mol. The summed E-state index contributed by atoms with van der Waals surface area (Å²) >= 11 is 0. The van der Waals surface area contributed by atoms with Crippen LogP contribution in [0.15, 0.2) is 178 Å². The van der Waals surface area contributed by atoms with Gasteiger partial charge in [-0.2, -0.15) is 0 Å². The molecule has 3 aliphatic rings. The van der Waals surface area contributed by atoms with Crippen molar-refractivity contribution in [2.75, 3.05) is 0 Å². The van der Waals surface area contributed by atoms with Crippen molar-refractivity contribution in [1.82, 2.24) is 9.88 Å². The van der Waals surface area contributed by atoms with Crippen molar-refractivity contribution in [3.05, 3.63) is 174 Å². The second-order valence-electron chi connectivity index (χ2n) is 13.9. The van der Waals surface area contributed by atoms with Crippen molar-refractivity contribution < 1.29 is 13.9 Å². The number of allylic oxidation sites excluding steroid dienone is 2. The summed E-state index contributed by atoms with van der Waals surface area (Å²) in [5.41, 5.74) is 6.78. The van der Waals surface area contributed by atoms with Crippen molar-refractivity contribution in [2.24, 2.45) is 9.98 Å². The maximum absolute atomic E-state index is 6.92. The molecule has 8 aromatic rings. The molecule has 0 spiro atoms. The average Bonchev–Trinajstić information content (AvgIpc) is 3.75. The fraction of sp³-hybridized carbons (Fsp3) is 0.0870. The maximum Gasteiger partial charge on any atom is 0.170 e. The summed E-state index contributed by atoms with van der Waals surface area (Å²) in [7, 11) is 0. The smallest absolute Gasteiger partial charge is 0.170 e. The van der Waals surface area contributed by atoms with Crippen LogP contribution >= 0.6 is 0 Å². The minimum Gasteiger partial charge on any atom is -0.477 e. The molecule has 6 aromatic carbocycles. The van der Waals surface area contributed by atoms with Crippen LogP contribution in [0.5, 0.6) is 11.5 Å². The zero-order chi connectivity index (χ0) is 35.1. The highest BCUT2D eigenvalue weighted by Gasteiger charge is 2.48. The lowest BCUT2D eigenvalue weighted by molar-refractivity contribution is -0.000969. The number of para-hydroxylation sites is 5. The number of fused-ring (bicyclic) bond motifs is 8. The highest BCUT2D eigenvalue weighted by atomic mass is 16.6. The minimum atomic E-state index is -0.879. The van der Waals surface area contributed by atoms with Crippen LogP contribution in [0, 0.1) is 0 Å². The van der Waals surface area contributed by atoms with Gasteiger partial charge in [-0.25, -0.2) is 9.98 Å². The maximum atomic E-state index is 6.92. The summed E-state index contributed by atoms with van der Waals surface area (Å²) in [5.74, 6) is 2.78. The van der Waals surface area contributed by atoms with Crippen LogP contribution < -0.4 is 14.8 Å². The molecule has 2 aliphatic heterocycles. The summed E-state index contributed by atoms with van der Waals surface area (Å²) in [4.78, 5) is 10.5. The Labute approximate surface area is 304 Å². The van der Waals surface area contributed by atoms with Gasteiger partial charge in [-0.05, 0) is 73.2 Å². The summed E-state index contributed by atoms with van der Waals surface area (Å²) in [6, 6.07) is 49.5. The first-order valence-electron chi connectivity index (χ1n) is 17.9. The Balaban J connectivity index is 1.12. The summed E-state index contributed by atoms with van der Waals surface area (Å²) in [6.45, 7) is 2.10. The number of aromatic nitrogens is 1. The number of aliphatic imine (C=N–C) groups is 2. The highest BCUT2D eigenvalue weighted by Crippen LogP contribution is 2.46. The Bertz CT molecular complexity index is 2860. The summed E-state index contributed by atoms with van der Waals surface area (Å²) in [5, 5.41) is 8.15. The monoisotopic (exact) mass is 688 g/mol. The van der Waals surface area contributed by atoms with E-state index in [0.717, 1.165) is 55.4 Å². The lowest BCUT2D eigenvalue weighted by Gasteiger charge is -2.44. The number of hydrogen-bond donors (Lipinski definition) is 1. The van der Waals surface area contributed by atoms with Crippen molar-refractivity contribution in [3.8, 4) is 11.5 Å². The first-order valence-corrected chi connectivity index (χ1v) is 17.9. The first-order chi connectivity index (χ1) is 26.1. The van der Waals surface area contributed by atoms with E-state index in [1.165, 1.54) is 10.8 Å². The van der Waals surface area contributed by atoms with Crippen LogP contribution in [0.3, 0.4) is 0 Å². The predicted octanol–water partition coefficient (Wildman–Crippen LogP) is 10.2. The van der Waals surface area contributed by atoms with E-state index in [1.54, 1.807) is 0 Å². The Hall–Kier alpha value is -6.86. The van der Waals surface area contributed by atoms with Gasteiger partial charge in [0, 0.05) is 38.4 Å². The molecule has 0 saturated heterocycles. The standard InChI is InChI=1S/C46H32N4O3/c1-46-27-30(50-36-18-8-5-15-31(36)32-16-6-9-19-37(32)50)26-35(42(46)52-40-21-11-12-22-41(40)53-46)45-48-43(28-13-3-2-4-14-28)47-44(49-45)29-23-24-39-34(25-29)33-17-7-10-20-38(33)51-39/h2-27,42-43H,1H3,(H,47,48,49). The molecule has 3 atom stereocenters. The second-order valence-corrected chi connectivity index (χ2v) is 13.9. The van der Waals surface area contributed by atoms with Crippen LogP contribution in [-0.2, 0) is 0 Å². The van der Waals surface area contributed by atoms with Gasteiger partial charge >= 0.3 is 0 Å². The fourth-order valence-electron chi connectivity index (χ4n) is 8.13. The molecule has 0 fully saturated rings. The molecule has 7 nitrogen and oxygen atoms in total. The Morgan fingerprint density at radius 3 is 2.06 bits per heavy atom. The van der Waals surface area contributed by atoms with Gasteiger partial charge in [0.1, 0.15) is 22.8 Å². The molecule has 0 radical (unpaired) electrons. The molecular formula is C46H32N4O3. The number of rotatable bonds is 4. The van der Waals surface area contributed by atoms with Crippen LogP contribution in [0.1, 0.15) is 24.2 Å². The van der Waals surface area contributed by atoms with Gasteiger partial charge in [0.15, 0.2) is 29.4 Å². The number of benzene rings is 6. The van der Waals surface area contributed by atoms with Crippen molar-refractivity contribution in [2.45, 2.75) is 24.8 Å². The van der Waals surface area contributed by atoms with Gasteiger partial charge < -0.3 is 23.8 Å². The van der Waals surface area contributed by atoms with Crippen LogP contribution in [0.25, 0.3) is 49.4 Å². The van der Waals surface area contributed by atoms with Crippen molar-refractivity contribution >= 4 is 61.1 Å². The zero-order valence-corrected chi connectivity index (χ0v) is 28.7. The fourth-order valence-corrected chi connectivity index (χ4v) is 8.13. The van der Waals surface area contributed by atoms with E-state index in [0.29, 0.717) is 23.2 Å². The molecule has 254 valence electrons. The van der Waals surface area contributed by atoms with Gasteiger partial charge in [0.2, 0.25) is 0 Å². The van der Waals surface area contributed by atoms with Gasteiger partial charge in [0.25, 0.3) is 0 Å². The van der Waals surface area contributed by atoms with Crippen LogP contribution in [0.2, 0.25) is 0 Å². The lowest BCUT2D eigenvalue weighted by Crippen LogP contribution is -2.55. The van der Waals surface area contributed by atoms with Gasteiger partial charge in [-0.3, -0.25) is 0 Å². The molecular weight excluding hydrogens is 657 g/mol. The normalized spacial score (nSPS) is 20.8. The Morgan fingerprint density at radius 2 is 1.26 bits per heavy atom. The van der Waals surface area contributed by atoms with Gasteiger partial charge in [-0.15, -0.1) is 0 Å². The van der Waals surface area contributed by atoms with Crippen LogP contribution in [-0.4, -0.2) is 27.9 Å². The van der Waals surface area contributed by atoms with E-state index in [2.05, 4.69) is 108 Å². The zero-order valence-electron chi connectivity index (χ0n) is 28.7. The first kappa shape index (κ1) is 29.8. The molecule has 0 amide bonds. The van der Waals surface area contributed by atoms with E-state index < -0.39 is 17.9 Å². The third kappa shape index (κ3) is 4.67. The number of furan rings is 1. The Kier molecular flexibility index (Phi) is 6.37. The minimum absolute atomic E-state index is 0.495. The van der Waals surface area contributed by atoms with Crippen molar-refractivity contribution in [3.63, 3.8) is 0 Å². The second kappa shape index (κ2) is 11.3. The molecule has 53 heavy (non-hydrogen) atoms. The number of nitrogens with one attached hydrogen (secondary N) is 1. The Morgan fingerprint density at radius 1 is 0.623 bits per heavy atom.